The Balaban J connectivity index is 3.54. The van der Waals surface area contributed by atoms with E-state index in [0.29, 0.717) is 25.5 Å². The molecule has 98 valence electrons. The smallest absolute Gasteiger partial charge is 0.237 e. The van der Waals surface area contributed by atoms with Gasteiger partial charge in [-0.3, -0.25) is 4.79 Å². The number of amides is 1. The minimum absolute atomic E-state index is 0.179. The van der Waals surface area contributed by atoms with Crippen LogP contribution in [0.4, 0.5) is 0 Å². The maximum atomic E-state index is 11.5. The van der Waals surface area contributed by atoms with Gasteiger partial charge in [0, 0.05) is 13.2 Å². The van der Waals surface area contributed by atoms with Gasteiger partial charge >= 0.3 is 0 Å². The van der Waals surface area contributed by atoms with Crippen LogP contribution in [0.25, 0.3) is 0 Å². The van der Waals surface area contributed by atoms with E-state index in [1.807, 2.05) is 13.0 Å². The molecule has 0 saturated heterocycles. The monoisotopic (exact) mass is 240 g/mol. The second kappa shape index (κ2) is 10.1. The van der Waals surface area contributed by atoms with Gasteiger partial charge in [0.25, 0.3) is 0 Å². The molecule has 0 aliphatic heterocycles. The van der Waals surface area contributed by atoms with Crippen molar-refractivity contribution in [3.05, 3.63) is 0 Å². The highest BCUT2D eigenvalue weighted by atomic mass is 16.5. The van der Waals surface area contributed by atoms with Crippen LogP contribution >= 0.6 is 0 Å². The standard InChI is InChI=1S/C13H24N2O2/c1-4-5-12(10-14)13(16)15-7-9-17-8-6-11(2)3/h11-12H,4-9H2,1-3H3,(H,15,16). The highest BCUT2D eigenvalue weighted by Crippen LogP contribution is 2.04. The topological polar surface area (TPSA) is 62.1 Å². The molecule has 1 N–H and O–H groups in total. The summed E-state index contributed by atoms with van der Waals surface area (Å²) < 4.78 is 5.37. The first-order chi connectivity index (χ1) is 8.11. The van der Waals surface area contributed by atoms with Crippen molar-refractivity contribution in [3.8, 4) is 6.07 Å². The molecule has 0 spiro atoms. The molecular weight excluding hydrogens is 216 g/mol. The zero-order chi connectivity index (χ0) is 13.1. The lowest BCUT2D eigenvalue weighted by atomic mass is 10.1. The Hall–Kier alpha value is -1.08. The molecule has 1 unspecified atom stereocenters. The van der Waals surface area contributed by atoms with Gasteiger partial charge in [-0.05, 0) is 18.8 Å². The molecule has 0 heterocycles. The summed E-state index contributed by atoms with van der Waals surface area (Å²) in [5.41, 5.74) is 0. The average Bonchev–Trinajstić information content (AvgIpc) is 2.29. The van der Waals surface area contributed by atoms with E-state index in [1.165, 1.54) is 0 Å². The van der Waals surface area contributed by atoms with Crippen LogP contribution in [0, 0.1) is 23.2 Å². The van der Waals surface area contributed by atoms with Crippen molar-refractivity contribution in [3.63, 3.8) is 0 Å². The molecule has 0 saturated carbocycles. The van der Waals surface area contributed by atoms with E-state index < -0.39 is 5.92 Å². The molecule has 0 aromatic rings. The summed E-state index contributed by atoms with van der Waals surface area (Å²) in [6, 6.07) is 2.02. The fourth-order valence-corrected chi connectivity index (χ4v) is 1.33. The molecule has 1 atom stereocenters. The van der Waals surface area contributed by atoms with E-state index in [4.69, 9.17) is 10.00 Å². The number of carbonyl (C=O) groups excluding carboxylic acids is 1. The lowest BCUT2D eigenvalue weighted by molar-refractivity contribution is -0.123. The Kier molecular flexibility index (Phi) is 9.46. The van der Waals surface area contributed by atoms with Crippen LogP contribution in [0.15, 0.2) is 0 Å². The van der Waals surface area contributed by atoms with Gasteiger partial charge < -0.3 is 10.1 Å². The molecule has 1 amide bonds. The Morgan fingerprint density at radius 3 is 2.59 bits per heavy atom. The lowest BCUT2D eigenvalue weighted by Gasteiger charge is -2.10. The van der Waals surface area contributed by atoms with Crippen molar-refractivity contribution >= 4 is 5.91 Å². The van der Waals surface area contributed by atoms with Gasteiger partial charge in [0.1, 0.15) is 5.92 Å². The van der Waals surface area contributed by atoms with Crippen LogP contribution in [-0.4, -0.2) is 25.7 Å². The fourth-order valence-electron chi connectivity index (χ4n) is 1.33. The van der Waals surface area contributed by atoms with Crippen molar-refractivity contribution in [1.82, 2.24) is 5.32 Å². The zero-order valence-electron chi connectivity index (χ0n) is 11.2. The second-order valence-electron chi connectivity index (χ2n) is 4.56. The van der Waals surface area contributed by atoms with E-state index >= 15 is 0 Å². The van der Waals surface area contributed by atoms with Gasteiger partial charge in [-0.2, -0.15) is 5.26 Å². The second-order valence-corrected chi connectivity index (χ2v) is 4.56. The van der Waals surface area contributed by atoms with Crippen LogP contribution in [0.2, 0.25) is 0 Å². The quantitative estimate of drug-likeness (QED) is 0.628. The summed E-state index contributed by atoms with van der Waals surface area (Å²) >= 11 is 0. The molecule has 0 aliphatic rings. The first-order valence-corrected chi connectivity index (χ1v) is 6.36. The predicted molar refractivity (Wildman–Crippen MR) is 67.3 cm³/mol. The van der Waals surface area contributed by atoms with E-state index in [0.717, 1.165) is 19.4 Å². The van der Waals surface area contributed by atoms with Gasteiger partial charge in [-0.15, -0.1) is 0 Å². The highest BCUT2D eigenvalue weighted by Gasteiger charge is 2.15. The molecule has 17 heavy (non-hydrogen) atoms. The van der Waals surface area contributed by atoms with Crippen molar-refractivity contribution < 1.29 is 9.53 Å². The zero-order valence-corrected chi connectivity index (χ0v) is 11.2. The summed E-state index contributed by atoms with van der Waals surface area (Å²) in [6.07, 6.45) is 2.50. The molecule has 0 aromatic heterocycles. The number of nitrogens with zero attached hydrogens (tertiary/aromatic N) is 1. The minimum Gasteiger partial charge on any atom is -0.380 e. The summed E-state index contributed by atoms with van der Waals surface area (Å²) in [7, 11) is 0. The molecule has 4 nitrogen and oxygen atoms in total. The van der Waals surface area contributed by atoms with E-state index in [-0.39, 0.29) is 5.91 Å². The Labute approximate surface area is 104 Å². The number of carbonyl (C=O) groups is 1. The van der Waals surface area contributed by atoms with Crippen molar-refractivity contribution in [2.75, 3.05) is 19.8 Å². The van der Waals surface area contributed by atoms with E-state index in [1.54, 1.807) is 0 Å². The van der Waals surface area contributed by atoms with Crippen LogP contribution in [0.3, 0.4) is 0 Å². The number of hydrogen-bond donors (Lipinski definition) is 1. The molecule has 4 heteroatoms. The summed E-state index contributed by atoms with van der Waals surface area (Å²) in [4.78, 5) is 11.5. The first kappa shape index (κ1) is 15.9. The molecule has 0 radical (unpaired) electrons. The molecule has 0 aromatic carbocycles. The van der Waals surface area contributed by atoms with Crippen molar-refractivity contribution in [1.29, 1.82) is 5.26 Å². The molecule has 0 rings (SSSR count). The van der Waals surface area contributed by atoms with Crippen LogP contribution < -0.4 is 5.32 Å². The largest absolute Gasteiger partial charge is 0.380 e. The molecule has 0 fully saturated rings. The Bertz CT molecular complexity index is 246. The van der Waals surface area contributed by atoms with Crippen LogP contribution in [0.5, 0.6) is 0 Å². The summed E-state index contributed by atoms with van der Waals surface area (Å²) in [6.45, 7) is 7.99. The first-order valence-electron chi connectivity index (χ1n) is 6.36. The predicted octanol–water partition coefficient (Wildman–Crippen LogP) is 2.11. The lowest BCUT2D eigenvalue weighted by Crippen LogP contribution is -2.32. The van der Waals surface area contributed by atoms with Crippen LogP contribution in [0.1, 0.15) is 40.0 Å². The van der Waals surface area contributed by atoms with E-state index in [2.05, 4.69) is 19.2 Å². The minimum atomic E-state index is -0.518. The fraction of sp³-hybridized carbons (Fsp3) is 0.846. The summed E-state index contributed by atoms with van der Waals surface area (Å²) in [5, 5.41) is 11.5. The van der Waals surface area contributed by atoms with Crippen LogP contribution in [-0.2, 0) is 9.53 Å². The maximum absolute atomic E-state index is 11.5. The Morgan fingerprint density at radius 2 is 2.06 bits per heavy atom. The molecule has 0 aliphatic carbocycles. The number of hydrogen-bond acceptors (Lipinski definition) is 3. The number of rotatable bonds is 9. The van der Waals surface area contributed by atoms with Crippen molar-refractivity contribution in [2.45, 2.75) is 40.0 Å². The third-order valence-corrected chi connectivity index (χ3v) is 2.43. The molecular formula is C13H24N2O2. The van der Waals surface area contributed by atoms with Gasteiger partial charge in [0.15, 0.2) is 0 Å². The third-order valence-electron chi connectivity index (χ3n) is 2.43. The average molecular weight is 240 g/mol. The van der Waals surface area contributed by atoms with Gasteiger partial charge in [-0.1, -0.05) is 27.2 Å². The van der Waals surface area contributed by atoms with Gasteiger partial charge in [0.05, 0.1) is 12.7 Å². The Morgan fingerprint density at radius 1 is 1.35 bits per heavy atom. The number of nitrogens with one attached hydrogen (secondary N) is 1. The van der Waals surface area contributed by atoms with Gasteiger partial charge in [-0.25, -0.2) is 0 Å². The normalized spacial score (nSPS) is 12.2. The van der Waals surface area contributed by atoms with Gasteiger partial charge in [0.2, 0.25) is 5.91 Å². The number of nitriles is 1. The third kappa shape index (κ3) is 8.70. The van der Waals surface area contributed by atoms with E-state index in [9.17, 15) is 4.79 Å². The SMILES string of the molecule is CCCC(C#N)C(=O)NCCOCCC(C)C. The number of ether oxygens (including phenoxy) is 1. The van der Waals surface area contributed by atoms with Crippen molar-refractivity contribution in [2.24, 2.45) is 11.8 Å². The molecule has 0 bridgehead atoms. The maximum Gasteiger partial charge on any atom is 0.237 e. The highest BCUT2D eigenvalue weighted by molar-refractivity contribution is 5.80. The summed E-state index contributed by atoms with van der Waals surface area (Å²) in [5.74, 6) is -0.0606.